The number of anilines is 2. The van der Waals surface area contributed by atoms with Gasteiger partial charge in [-0.1, -0.05) is 18.2 Å². The predicted octanol–water partition coefficient (Wildman–Crippen LogP) is 4.24. The third-order valence-electron chi connectivity index (χ3n) is 5.38. The molecule has 2 aromatic carbocycles. The SMILES string of the molecule is COC(=O)c1cccc(C(=O)Nc2cccc([C@@H](C)Oc3cc(-c4cnn(C)c4)cnc3N)c2)c1. The van der Waals surface area contributed by atoms with Crippen molar-refractivity contribution in [1.29, 1.82) is 0 Å². The highest BCUT2D eigenvalue weighted by Crippen LogP contribution is 2.31. The van der Waals surface area contributed by atoms with Gasteiger partial charge in [0, 0.05) is 41.8 Å². The number of hydrogen-bond acceptors (Lipinski definition) is 7. The van der Waals surface area contributed by atoms with E-state index >= 15 is 0 Å². The van der Waals surface area contributed by atoms with E-state index in [2.05, 4.69) is 15.4 Å². The van der Waals surface area contributed by atoms with Gasteiger partial charge in [0.25, 0.3) is 5.91 Å². The van der Waals surface area contributed by atoms with E-state index in [0.29, 0.717) is 22.6 Å². The maximum absolute atomic E-state index is 12.7. The van der Waals surface area contributed by atoms with E-state index in [1.165, 1.54) is 13.2 Å². The number of amides is 1. The van der Waals surface area contributed by atoms with Gasteiger partial charge in [0.2, 0.25) is 0 Å². The van der Waals surface area contributed by atoms with Crippen LogP contribution in [0.2, 0.25) is 0 Å². The highest BCUT2D eigenvalue weighted by Gasteiger charge is 2.15. The molecular formula is C26H25N5O4. The highest BCUT2D eigenvalue weighted by atomic mass is 16.5. The van der Waals surface area contributed by atoms with E-state index in [-0.39, 0.29) is 17.8 Å². The van der Waals surface area contributed by atoms with Crippen molar-refractivity contribution in [2.45, 2.75) is 13.0 Å². The van der Waals surface area contributed by atoms with E-state index in [9.17, 15) is 9.59 Å². The second-order valence-corrected chi connectivity index (χ2v) is 7.92. The fourth-order valence-corrected chi connectivity index (χ4v) is 3.51. The van der Waals surface area contributed by atoms with Crippen molar-refractivity contribution in [2.75, 3.05) is 18.2 Å². The Morgan fingerprint density at radius 1 is 1.03 bits per heavy atom. The van der Waals surface area contributed by atoms with Crippen LogP contribution in [-0.4, -0.2) is 33.8 Å². The molecule has 0 aliphatic carbocycles. The third-order valence-corrected chi connectivity index (χ3v) is 5.38. The lowest BCUT2D eigenvalue weighted by Gasteiger charge is -2.17. The Bertz CT molecular complexity index is 1380. The first-order valence-corrected chi connectivity index (χ1v) is 10.8. The number of esters is 1. The second kappa shape index (κ2) is 10.1. The van der Waals surface area contributed by atoms with Crippen molar-refractivity contribution in [3.05, 3.63) is 89.9 Å². The van der Waals surface area contributed by atoms with Gasteiger partial charge in [0.05, 0.1) is 18.9 Å². The number of aryl methyl sites for hydroxylation is 1. The summed E-state index contributed by atoms with van der Waals surface area (Å²) in [6, 6.07) is 15.5. The monoisotopic (exact) mass is 471 g/mol. The van der Waals surface area contributed by atoms with Crippen molar-refractivity contribution in [1.82, 2.24) is 14.8 Å². The number of aromatic nitrogens is 3. The van der Waals surface area contributed by atoms with Crippen LogP contribution in [0.1, 0.15) is 39.3 Å². The number of rotatable bonds is 7. The average molecular weight is 472 g/mol. The van der Waals surface area contributed by atoms with Crippen molar-refractivity contribution in [3.63, 3.8) is 0 Å². The Morgan fingerprint density at radius 2 is 1.80 bits per heavy atom. The molecule has 0 saturated heterocycles. The summed E-state index contributed by atoms with van der Waals surface area (Å²) in [5, 5.41) is 7.04. The molecule has 4 rings (SSSR count). The van der Waals surface area contributed by atoms with Gasteiger partial charge in [-0.15, -0.1) is 0 Å². The fourth-order valence-electron chi connectivity index (χ4n) is 3.51. The molecule has 9 nitrogen and oxygen atoms in total. The summed E-state index contributed by atoms with van der Waals surface area (Å²) in [6.45, 7) is 1.89. The van der Waals surface area contributed by atoms with Crippen LogP contribution in [0.25, 0.3) is 11.1 Å². The minimum Gasteiger partial charge on any atom is -0.482 e. The summed E-state index contributed by atoms with van der Waals surface area (Å²) >= 11 is 0. The number of methoxy groups -OCH3 is 1. The van der Waals surface area contributed by atoms with Gasteiger partial charge in [-0.25, -0.2) is 9.78 Å². The van der Waals surface area contributed by atoms with Crippen molar-refractivity contribution < 1.29 is 19.1 Å². The van der Waals surface area contributed by atoms with Crippen LogP contribution >= 0.6 is 0 Å². The second-order valence-electron chi connectivity index (χ2n) is 7.92. The van der Waals surface area contributed by atoms with Gasteiger partial charge in [0.15, 0.2) is 11.6 Å². The minimum atomic E-state index is -0.506. The van der Waals surface area contributed by atoms with Crippen molar-refractivity contribution in [2.24, 2.45) is 7.05 Å². The van der Waals surface area contributed by atoms with E-state index in [1.54, 1.807) is 41.3 Å². The molecule has 1 atom stereocenters. The highest BCUT2D eigenvalue weighted by molar-refractivity contribution is 6.05. The molecule has 9 heteroatoms. The molecule has 0 aliphatic heterocycles. The van der Waals surface area contributed by atoms with Crippen LogP contribution in [0, 0.1) is 0 Å². The lowest BCUT2D eigenvalue weighted by atomic mass is 10.1. The fraction of sp³-hybridized carbons (Fsp3) is 0.154. The quantitative estimate of drug-likeness (QED) is 0.387. The topological polar surface area (TPSA) is 121 Å². The van der Waals surface area contributed by atoms with E-state index in [1.807, 2.05) is 44.4 Å². The lowest BCUT2D eigenvalue weighted by Crippen LogP contribution is -2.14. The zero-order valence-electron chi connectivity index (χ0n) is 19.6. The van der Waals surface area contributed by atoms with Crippen LogP contribution < -0.4 is 15.8 Å². The molecule has 178 valence electrons. The molecule has 4 aromatic rings. The first-order valence-electron chi connectivity index (χ1n) is 10.8. The number of pyridine rings is 1. The summed E-state index contributed by atoms with van der Waals surface area (Å²) < 4.78 is 12.5. The molecule has 0 bridgehead atoms. The van der Waals surface area contributed by atoms with Crippen LogP contribution in [0.5, 0.6) is 5.75 Å². The lowest BCUT2D eigenvalue weighted by molar-refractivity contribution is 0.0600. The van der Waals surface area contributed by atoms with Crippen LogP contribution in [0.15, 0.2) is 73.2 Å². The van der Waals surface area contributed by atoms with Gasteiger partial charge in [-0.3, -0.25) is 9.48 Å². The molecular weight excluding hydrogens is 446 g/mol. The maximum atomic E-state index is 12.7. The molecule has 0 radical (unpaired) electrons. The standard InChI is InChI=1S/C26H25N5O4/c1-16(35-23-12-20(13-28-24(23)27)21-14-29-31(2)15-21)17-6-5-9-22(11-17)30-25(32)18-7-4-8-19(10-18)26(33)34-3/h4-16H,1-3H3,(H2,27,28)(H,30,32)/t16-/m1/s1. The first-order chi connectivity index (χ1) is 16.8. The zero-order valence-corrected chi connectivity index (χ0v) is 19.6. The molecule has 1 amide bonds. The van der Waals surface area contributed by atoms with Crippen LogP contribution in [-0.2, 0) is 11.8 Å². The summed E-state index contributed by atoms with van der Waals surface area (Å²) in [4.78, 5) is 28.8. The number of benzene rings is 2. The maximum Gasteiger partial charge on any atom is 0.337 e. The Hall–Kier alpha value is -4.66. The number of carbonyl (C=O) groups is 2. The number of nitrogens with zero attached hydrogens (tertiary/aromatic N) is 3. The Kier molecular flexibility index (Phi) is 6.77. The molecule has 0 unspecified atom stereocenters. The number of carbonyl (C=O) groups excluding carboxylic acids is 2. The van der Waals surface area contributed by atoms with Gasteiger partial charge in [-0.05, 0) is 48.9 Å². The number of ether oxygens (including phenoxy) is 2. The smallest absolute Gasteiger partial charge is 0.337 e. The number of nitrogens with one attached hydrogen (secondary N) is 1. The number of hydrogen-bond donors (Lipinski definition) is 2. The first kappa shape index (κ1) is 23.5. The minimum absolute atomic E-state index is 0.277. The van der Waals surface area contributed by atoms with Crippen molar-refractivity contribution in [3.8, 4) is 16.9 Å². The van der Waals surface area contributed by atoms with E-state index in [4.69, 9.17) is 15.2 Å². The molecule has 2 aromatic heterocycles. The summed E-state index contributed by atoms with van der Waals surface area (Å²) in [6.07, 6.45) is 4.93. The molecule has 2 heterocycles. The Balaban J connectivity index is 1.49. The Morgan fingerprint density at radius 3 is 2.54 bits per heavy atom. The average Bonchev–Trinajstić information content (AvgIpc) is 3.31. The molecule has 0 fully saturated rings. The summed E-state index contributed by atoms with van der Waals surface area (Å²) in [7, 11) is 3.14. The molecule has 35 heavy (non-hydrogen) atoms. The van der Waals surface area contributed by atoms with Crippen LogP contribution in [0.4, 0.5) is 11.5 Å². The number of nitrogen functional groups attached to an aromatic ring is 1. The third kappa shape index (κ3) is 5.47. The molecule has 3 N–H and O–H groups in total. The summed E-state index contributed by atoms with van der Waals surface area (Å²) in [5.74, 6) is -0.125. The molecule has 0 aliphatic rings. The van der Waals surface area contributed by atoms with Gasteiger partial charge in [0.1, 0.15) is 6.10 Å². The van der Waals surface area contributed by atoms with Crippen LogP contribution in [0.3, 0.4) is 0 Å². The molecule has 0 saturated carbocycles. The molecule has 0 spiro atoms. The predicted molar refractivity (Wildman–Crippen MR) is 132 cm³/mol. The number of nitrogens with two attached hydrogens (primary N) is 1. The summed E-state index contributed by atoms with van der Waals surface area (Å²) in [5.41, 5.74) is 9.85. The van der Waals surface area contributed by atoms with Crippen molar-refractivity contribution >= 4 is 23.4 Å². The normalized spacial score (nSPS) is 11.5. The largest absolute Gasteiger partial charge is 0.482 e. The van der Waals surface area contributed by atoms with Gasteiger partial charge < -0.3 is 20.5 Å². The van der Waals surface area contributed by atoms with E-state index < -0.39 is 5.97 Å². The van der Waals surface area contributed by atoms with E-state index in [0.717, 1.165) is 16.7 Å². The van der Waals surface area contributed by atoms with Gasteiger partial charge in [-0.2, -0.15) is 5.10 Å². The zero-order chi connectivity index (χ0) is 24.9. The Labute approximate surface area is 202 Å². The van der Waals surface area contributed by atoms with Gasteiger partial charge >= 0.3 is 5.97 Å².